The number of nitrogens with zero attached hydrogens (tertiary/aromatic N) is 3. The van der Waals surface area contributed by atoms with E-state index in [0.717, 1.165) is 10.1 Å². The normalized spacial score (nSPS) is 10.6. The fourth-order valence-corrected chi connectivity index (χ4v) is 2.66. The van der Waals surface area contributed by atoms with Gasteiger partial charge in [-0.15, -0.1) is 5.10 Å². The lowest BCUT2D eigenvalue weighted by atomic mass is 10.2. The molecule has 0 radical (unpaired) electrons. The van der Waals surface area contributed by atoms with Crippen LogP contribution in [-0.2, 0) is 11.3 Å². The number of amides is 2. The second-order valence-electron chi connectivity index (χ2n) is 6.09. The second-order valence-corrected chi connectivity index (χ2v) is 6.09. The molecule has 0 aliphatic carbocycles. The fourth-order valence-electron chi connectivity index (χ4n) is 2.66. The van der Waals surface area contributed by atoms with Gasteiger partial charge in [0.25, 0.3) is 11.8 Å². The van der Waals surface area contributed by atoms with Crippen molar-refractivity contribution < 1.29 is 14.0 Å². The van der Waals surface area contributed by atoms with E-state index in [1.807, 2.05) is 24.3 Å². The van der Waals surface area contributed by atoms with E-state index in [-0.39, 0.29) is 11.6 Å². The molecule has 0 aliphatic rings. The van der Waals surface area contributed by atoms with Gasteiger partial charge < -0.3 is 4.42 Å². The highest BCUT2D eigenvalue weighted by Crippen LogP contribution is 2.14. The fraction of sp³-hybridized carbons (Fsp3) is 0.0500. The molecule has 0 saturated heterocycles. The highest BCUT2D eigenvalue weighted by atomic mass is 16.4. The number of hydrogen-bond acceptors (Lipinski definition) is 6. The highest BCUT2D eigenvalue weighted by Gasteiger charge is 2.14. The van der Waals surface area contributed by atoms with Gasteiger partial charge in [0, 0.05) is 10.9 Å². The van der Waals surface area contributed by atoms with Crippen LogP contribution in [0.5, 0.6) is 0 Å². The largest absolute Gasteiger partial charge is 0.437 e. The molecule has 4 rings (SSSR count). The van der Waals surface area contributed by atoms with Crippen LogP contribution < -0.4 is 16.6 Å². The van der Waals surface area contributed by atoms with Crippen LogP contribution in [0.25, 0.3) is 22.4 Å². The van der Waals surface area contributed by atoms with Crippen LogP contribution in [0.2, 0.25) is 0 Å². The first-order valence-corrected chi connectivity index (χ1v) is 8.68. The summed E-state index contributed by atoms with van der Waals surface area (Å²) in [6, 6.07) is 19.5. The van der Waals surface area contributed by atoms with Crippen molar-refractivity contribution in [1.82, 2.24) is 25.6 Å². The summed E-state index contributed by atoms with van der Waals surface area (Å²) in [7, 11) is 0. The van der Waals surface area contributed by atoms with Crippen molar-refractivity contribution in [1.29, 1.82) is 0 Å². The minimum Gasteiger partial charge on any atom is -0.388 e. The van der Waals surface area contributed by atoms with E-state index in [1.165, 1.54) is 0 Å². The molecule has 2 aromatic carbocycles. The van der Waals surface area contributed by atoms with E-state index < -0.39 is 24.1 Å². The topological polar surface area (TPSA) is 119 Å². The summed E-state index contributed by atoms with van der Waals surface area (Å²) in [6.45, 7) is -0.416. The summed E-state index contributed by atoms with van der Waals surface area (Å²) in [6.07, 6.45) is 0. The Morgan fingerprint density at radius 3 is 2.52 bits per heavy atom. The van der Waals surface area contributed by atoms with Gasteiger partial charge in [0.1, 0.15) is 12.2 Å². The van der Waals surface area contributed by atoms with Crippen molar-refractivity contribution in [3.63, 3.8) is 0 Å². The van der Waals surface area contributed by atoms with E-state index >= 15 is 0 Å². The minimum atomic E-state index is -0.776. The first kappa shape index (κ1) is 18.1. The summed E-state index contributed by atoms with van der Waals surface area (Å²) >= 11 is 0. The maximum atomic E-state index is 12.2. The van der Waals surface area contributed by atoms with Crippen LogP contribution in [0.15, 0.2) is 75.9 Å². The van der Waals surface area contributed by atoms with Crippen LogP contribution in [-0.4, -0.2) is 26.6 Å². The first-order chi connectivity index (χ1) is 14.1. The van der Waals surface area contributed by atoms with Crippen molar-refractivity contribution in [2.24, 2.45) is 0 Å². The van der Waals surface area contributed by atoms with E-state index in [2.05, 4.69) is 20.9 Å². The van der Waals surface area contributed by atoms with E-state index in [4.69, 9.17) is 4.42 Å². The van der Waals surface area contributed by atoms with Gasteiger partial charge in [-0.25, -0.2) is 9.78 Å². The zero-order valence-electron chi connectivity index (χ0n) is 15.0. The third-order valence-corrected chi connectivity index (χ3v) is 4.07. The van der Waals surface area contributed by atoms with E-state index in [9.17, 15) is 14.4 Å². The van der Waals surface area contributed by atoms with E-state index in [1.54, 1.807) is 42.5 Å². The highest BCUT2D eigenvalue weighted by molar-refractivity contribution is 5.95. The molecule has 0 saturated carbocycles. The molecular weight excluding hydrogens is 374 g/mol. The Bertz CT molecular complexity index is 1250. The predicted octanol–water partition coefficient (Wildman–Crippen LogP) is 1.51. The van der Waals surface area contributed by atoms with Crippen LogP contribution in [0.3, 0.4) is 0 Å². The van der Waals surface area contributed by atoms with Gasteiger partial charge in [-0.3, -0.25) is 20.4 Å². The third-order valence-electron chi connectivity index (χ3n) is 4.07. The number of hydrogen-bond donors (Lipinski definition) is 2. The van der Waals surface area contributed by atoms with Gasteiger partial charge in [0.2, 0.25) is 5.89 Å². The lowest BCUT2D eigenvalue weighted by molar-refractivity contribution is -0.122. The molecule has 2 N–H and O–H groups in total. The molecule has 0 atom stereocenters. The van der Waals surface area contributed by atoms with Gasteiger partial charge in [-0.1, -0.05) is 42.5 Å². The number of para-hydroxylation sites is 1. The molecule has 2 heterocycles. The third kappa shape index (κ3) is 4.03. The molecule has 144 valence electrons. The number of carbonyl (C=O) groups excluding carboxylic acids is 2. The predicted molar refractivity (Wildman–Crippen MR) is 104 cm³/mol. The number of carbonyl (C=O) groups is 2. The molecule has 0 aliphatic heterocycles. The molecule has 2 aromatic heterocycles. The molecule has 2 amide bonds. The number of nitrogens with one attached hydrogen (secondary N) is 2. The van der Waals surface area contributed by atoms with Crippen LogP contribution in [0, 0.1) is 0 Å². The second kappa shape index (κ2) is 7.77. The smallest absolute Gasteiger partial charge is 0.388 e. The molecule has 29 heavy (non-hydrogen) atoms. The average Bonchev–Trinajstić information content (AvgIpc) is 3.12. The van der Waals surface area contributed by atoms with E-state index in [0.29, 0.717) is 11.1 Å². The summed E-state index contributed by atoms with van der Waals surface area (Å²) in [5.41, 5.74) is 5.92. The number of benzene rings is 2. The average molecular weight is 389 g/mol. The van der Waals surface area contributed by atoms with Gasteiger partial charge in [0.05, 0.1) is 5.52 Å². The SMILES string of the molecule is O=C(Cn1nc(-c2ccccc2)oc1=O)NNC(=O)c1ccc2ccccc2n1. The maximum Gasteiger partial charge on any atom is 0.437 e. The van der Waals surface area contributed by atoms with Crippen LogP contribution in [0.4, 0.5) is 0 Å². The maximum absolute atomic E-state index is 12.2. The standard InChI is InChI=1S/C20H15N5O4/c26-17(12-25-20(28)29-19(24-25)14-7-2-1-3-8-14)22-23-18(27)16-11-10-13-6-4-5-9-15(13)21-16/h1-11H,12H2,(H,22,26)(H,23,27). The van der Waals surface area contributed by atoms with Crippen molar-refractivity contribution in [3.05, 3.63) is 83.0 Å². The van der Waals surface area contributed by atoms with Crippen molar-refractivity contribution in [2.45, 2.75) is 6.54 Å². The Hall–Kier alpha value is -4.27. The molecule has 0 bridgehead atoms. The zero-order valence-corrected chi connectivity index (χ0v) is 15.0. The number of aromatic nitrogens is 3. The quantitative estimate of drug-likeness (QED) is 0.511. The van der Waals surface area contributed by atoms with Crippen LogP contribution in [0.1, 0.15) is 10.5 Å². The van der Waals surface area contributed by atoms with Crippen molar-refractivity contribution >= 4 is 22.7 Å². The lowest BCUT2D eigenvalue weighted by Gasteiger charge is -2.07. The molecule has 0 unspecified atom stereocenters. The summed E-state index contributed by atoms with van der Waals surface area (Å²) in [5, 5.41) is 4.89. The number of rotatable bonds is 4. The summed E-state index contributed by atoms with van der Waals surface area (Å²) in [4.78, 5) is 40.4. The summed E-state index contributed by atoms with van der Waals surface area (Å²) in [5.74, 6) is -1.90. The van der Waals surface area contributed by atoms with Gasteiger partial charge >= 0.3 is 5.76 Å². The molecule has 0 spiro atoms. The molecule has 4 aromatic rings. The van der Waals surface area contributed by atoms with Gasteiger partial charge in [0.15, 0.2) is 0 Å². The monoisotopic (exact) mass is 389 g/mol. The zero-order chi connectivity index (χ0) is 20.2. The first-order valence-electron chi connectivity index (χ1n) is 8.68. The molecular formula is C20H15N5O4. The van der Waals surface area contributed by atoms with Gasteiger partial charge in [-0.2, -0.15) is 4.68 Å². The number of hydrazine groups is 1. The Labute approximate surface area is 164 Å². The molecule has 9 nitrogen and oxygen atoms in total. The minimum absolute atomic E-state index is 0.104. The van der Waals surface area contributed by atoms with Crippen LogP contribution >= 0.6 is 0 Å². The lowest BCUT2D eigenvalue weighted by Crippen LogP contribution is -2.44. The Balaban J connectivity index is 1.39. The summed E-state index contributed by atoms with van der Waals surface area (Å²) < 4.78 is 5.93. The Morgan fingerprint density at radius 2 is 1.69 bits per heavy atom. The van der Waals surface area contributed by atoms with Crippen molar-refractivity contribution in [2.75, 3.05) is 0 Å². The number of fused-ring (bicyclic) bond motifs is 1. The van der Waals surface area contributed by atoms with Gasteiger partial charge in [-0.05, 0) is 24.3 Å². The Morgan fingerprint density at radius 1 is 0.931 bits per heavy atom. The number of pyridine rings is 1. The van der Waals surface area contributed by atoms with Crippen molar-refractivity contribution in [3.8, 4) is 11.5 Å². The molecule has 9 heteroatoms. The molecule has 0 fully saturated rings. The Kier molecular flexibility index (Phi) is 4.85.